The summed E-state index contributed by atoms with van der Waals surface area (Å²) in [4.78, 5) is 8.49. The number of likely N-dealkylation sites (tertiary alicyclic amines) is 1. The molecule has 0 spiro atoms. The summed E-state index contributed by atoms with van der Waals surface area (Å²) in [7, 11) is 0. The molecular formula is C17H31IN4OS. The molecule has 3 N–H and O–H groups in total. The highest BCUT2D eigenvalue weighted by atomic mass is 127. The lowest BCUT2D eigenvalue weighted by molar-refractivity contribution is 0.0824. The third-order valence-corrected chi connectivity index (χ3v) is 4.98. The quantitative estimate of drug-likeness (QED) is 0.238. The van der Waals surface area contributed by atoms with Crippen molar-refractivity contribution in [3.63, 3.8) is 0 Å². The number of hydrogen-bond acceptors (Lipinski definition) is 4. The lowest BCUT2D eigenvalue weighted by atomic mass is 10.1. The molecule has 0 radical (unpaired) electrons. The lowest BCUT2D eigenvalue weighted by Crippen LogP contribution is -2.39. The molecule has 1 aromatic rings. The van der Waals surface area contributed by atoms with Crippen LogP contribution in [-0.4, -0.2) is 61.3 Å². The van der Waals surface area contributed by atoms with Gasteiger partial charge in [-0.15, -0.1) is 35.3 Å². The second-order valence-electron chi connectivity index (χ2n) is 5.94. The van der Waals surface area contributed by atoms with Gasteiger partial charge in [-0.3, -0.25) is 4.99 Å². The lowest BCUT2D eigenvalue weighted by Gasteiger charge is -2.29. The zero-order valence-corrected chi connectivity index (χ0v) is 17.7. The van der Waals surface area contributed by atoms with Crippen LogP contribution in [-0.2, 0) is 6.42 Å². The predicted molar refractivity (Wildman–Crippen MR) is 114 cm³/mol. The highest BCUT2D eigenvalue weighted by molar-refractivity contribution is 14.0. The summed E-state index contributed by atoms with van der Waals surface area (Å²) >= 11 is 1.80. The van der Waals surface area contributed by atoms with Crippen molar-refractivity contribution in [2.75, 3.05) is 39.3 Å². The van der Waals surface area contributed by atoms with Crippen LogP contribution in [0.2, 0.25) is 0 Å². The van der Waals surface area contributed by atoms with E-state index in [0.717, 1.165) is 70.9 Å². The van der Waals surface area contributed by atoms with E-state index in [4.69, 9.17) is 0 Å². The number of aliphatic hydroxyl groups is 1. The van der Waals surface area contributed by atoms with Gasteiger partial charge in [0.05, 0.1) is 6.10 Å². The Morgan fingerprint density at radius 1 is 1.38 bits per heavy atom. The first-order valence-electron chi connectivity index (χ1n) is 8.73. The van der Waals surface area contributed by atoms with Crippen molar-refractivity contribution in [1.29, 1.82) is 0 Å². The van der Waals surface area contributed by atoms with Crippen LogP contribution in [0.25, 0.3) is 0 Å². The average Bonchev–Trinajstić information content (AvgIpc) is 3.06. The Labute approximate surface area is 167 Å². The zero-order valence-electron chi connectivity index (χ0n) is 14.5. The summed E-state index contributed by atoms with van der Waals surface area (Å²) in [5, 5.41) is 18.3. The number of nitrogens with zero attached hydrogens (tertiary/aromatic N) is 2. The standard InChI is InChI=1S/C17H30N4OS.HI/c1-2-18-17(20-10-6-16-5-3-14-23-16)19-9-4-11-21-12-7-15(22)8-13-21;/h3,5,14-15,22H,2,4,6-13H2,1H3,(H2,18,19,20);1H. The van der Waals surface area contributed by atoms with E-state index >= 15 is 0 Å². The largest absolute Gasteiger partial charge is 0.393 e. The maximum absolute atomic E-state index is 9.52. The Morgan fingerprint density at radius 2 is 2.17 bits per heavy atom. The van der Waals surface area contributed by atoms with Crippen molar-refractivity contribution in [3.05, 3.63) is 22.4 Å². The molecule has 2 rings (SSSR count). The van der Waals surface area contributed by atoms with E-state index in [1.807, 2.05) is 0 Å². The Morgan fingerprint density at radius 3 is 2.83 bits per heavy atom. The monoisotopic (exact) mass is 466 g/mol. The van der Waals surface area contributed by atoms with Gasteiger partial charge in [0.25, 0.3) is 0 Å². The first-order chi connectivity index (χ1) is 11.3. The SMILES string of the molecule is CCNC(=NCCCN1CCC(O)CC1)NCCc1cccs1.I. The van der Waals surface area contributed by atoms with Crippen LogP contribution in [0.5, 0.6) is 0 Å². The topological polar surface area (TPSA) is 59.9 Å². The van der Waals surface area contributed by atoms with E-state index in [9.17, 15) is 5.11 Å². The number of guanidine groups is 1. The maximum atomic E-state index is 9.52. The maximum Gasteiger partial charge on any atom is 0.191 e. The molecule has 1 fully saturated rings. The summed E-state index contributed by atoms with van der Waals surface area (Å²) in [6, 6.07) is 4.27. The number of nitrogens with one attached hydrogen (secondary N) is 2. The van der Waals surface area contributed by atoms with Crippen molar-refractivity contribution < 1.29 is 5.11 Å². The number of hydrogen-bond donors (Lipinski definition) is 3. The molecule has 0 atom stereocenters. The van der Waals surface area contributed by atoms with E-state index in [0.29, 0.717) is 0 Å². The highest BCUT2D eigenvalue weighted by Crippen LogP contribution is 2.10. The molecule has 1 aromatic heterocycles. The number of piperidine rings is 1. The van der Waals surface area contributed by atoms with Gasteiger partial charge in [-0.2, -0.15) is 0 Å². The highest BCUT2D eigenvalue weighted by Gasteiger charge is 2.15. The predicted octanol–water partition coefficient (Wildman–Crippen LogP) is 2.31. The van der Waals surface area contributed by atoms with Crippen molar-refractivity contribution in [2.24, 2.45) is 4.99 Å². The first-order valence-corrected chi connectivity index (χ1v) is 9.61. The van der Waals surface area contributed by atoms with Gasteiger partial charge in [0.15, 0.2) is 5.96 Å². The van der Waals surface area contributed by atoms with E-state index in [-0.39, 0.29) is 30.1 Å². The molecule has 5 nitrogen and oxygen atoms in total. The number of rotatable bonds is 8. The molecule has 0 saturated carbocycles. The third-order valence-electron chi connectivity index (χ3n) is 4.05. The Balaban J connectivity index is 0.00000288. The molecule has 7 heteroatoms. The van der Waals surface area contributed by atoms with Crippen molar-refractivity contribution in [2.45, 2.75) is 38.7 Å². The van der Waals surface area contributed by atoms with E-state index in [1.54, 1.807) is 11.3 Å². The fraction of sp³-hybridized carbons (Fsp3) is 0.706. The fourth-order valence-corrected chi connectivity index (χ4v) is 3.44. The summed E-state index contributed by atoms with van der Waals surface area (Å²) in [5.41, 5.74) is 0. The molecule has 0 aromatic carbocycles. The van der Waals surface area contributed by atoms with Gasteiger partial charge in [0, 0.05) is 37.6 Å². The van der Waals surface area contributed by atoms with Gasteiger partial charge in [-0.05, 0) is 50.6 Å². The molecule has 138 valence electrons. The van der Waals surface area contributed by atoms with E-state index < -0.39 is 0 Å². The second kappa shape index (κ2) is 12.9. The van der Waals surface area contributed by atoms with Crippen molar-refractivity contribution >= 4 is 41.3 Å². The number of halogens is 1. The Kier molecular flexibility index (Phi) is 11.7. The Bertz CT molecular complexity index is 447. The smallest absolute Gasteiger partial charge is 0.191 e. The van der Waals surface area contributed by atoms with Crippen LogP contribution in [0.4, 0.5) is 0 Å². The van der Waals surface area contributed by atoms with Crippen LogP contribution in [0.1, 0.15) is 31.1 Å². The molecule has 24 heavy (non-hydrogen) atoms. The molecule has 0 aliphatic carbocycles. The molecule has 2 heterocycles. The van der Waals surface area contributed by atoms with E-state index in [1.165, 1.54) is 4.88 Å². The molecule has 1 aliphatic heterocycles. The van der Waals surface area contributed by atoms with Gasteiger partial charge in [0.2, 0.25) is 0 Å². The number of aliphatic hydroxyl groups excluding tert-OH is 1. The van der Waals surface area contributed by atoms with Gasteiger partial charge in [-0.25, -0.2) is 0 Å². The Hall–Kier alpha value is -0.380. The van der Waals surface area contributed by atoms with Crippen LogP contribution in [0, 0.1) is 0 Å². The summed E-state index contributed by atoms with van der Waals surface area (Å²) in [6.45, 7) is 7.84. The fourth-order valence-electron chi connectivity index (χ4n) is 2.73. The molecular weight excluding hydrogens is 435 g/mol. The first kappa shape index (κ1) is 21.7. The van der Waals surface area contributed by atoms with Gasteiger partial charge < -0.3 is 20.6 Å². The van der Waals surface area contributed by atoms with Gasteiger partial charge in [-0.1, -0.05) is 6.07 Å². The van der Waals surface area contributed by atoms with Crippen molar-refractivity contribution in [1.82, 2.24) is 15.5 Å². The average molecular weight is 466 g/mol. The summed E-state index contributed by atoms with van der Waals surface area (Å²) in [6.07, 6.45) is 3.85. The van der Waals surface area contributed by atoms with Crippen LogP contribution in [0.3, 0.4) is 0 Å². The molecule has 0 unspecified atom stereocenters. The minimum atomic E-state index is -0.0860. The molecule has 0 amide bonds. The van der Waals surface area contributed by atoms with Gasteiger partial charge >= 0.3 is 0 Å². The zero-order chi connectivity index (χ0) is 16.3. The molecule has 1 aliphatic rings. The minimum Gasteiger partial charge on any atom is -0.393 e. The molecule has 1 saturated heterocycles. The second-order valence-corrected chi connectivity index (χ2v) is 6.98. The van der Waals surface area contributed by atoms with Crippen LogP contribution in [0.15, 0.2) is 22.5 Å². The van der Waals surface area contributed by atoms with Crippen molar-refractivity contribution in [3.8, 4) is 0 Å². The third kappa shape index (κ3) is 8.64. The summed E-state index contributed by atoms with van der Waals surface area (Å²) < 4.78 is 0. The molecule has 0 bridgehead atoms. The number of thiophene rings is 1. The van der Waals surface area contributed by atoms with Gasteiger partial charge in [0.1, 0.15) is 0 Å². The van der Waals surface area contributed by atoms with Crippen LogP contribution < -0.4 is 10.6 Å². The normalized spacial score (nSPS) is 16.7. The van der Waals surface area contributed by atoms with Crippen LogP contribution >= 0.6 is 35.3 Å². The summed E-state index contributed by atoms with van der Waals surface area (Å²) in [5.74, 6) is 0.915. The minimum absolute atomic E-state index is 0. The van der Waals surface area contributed by atoms with E-state index in [2.05, 4.69) is 45.0 Å². The number of aliphatic imine (C=N–C) groups is 1.